The molecule has 2 rings (SSSR count). The number of nitrogens with zero attached hydrogens (tertiary/aromatic N) is 1. The first-order valence-corrected chi connectivity index (χ1v) is 7.38. The van der Waals surface area contributed by atoms with E-state index in [-0.39, 0.29) is 4.58 Å². The number of nitriles is 1. The van der Waals surface area contributed by atoms with E-state index in [9.17, 15) is 15.3 Å². The molecule has 0 spiro atoms. The van der Waals surface area contributed by atoms with E-state index in [2.05, 4.69) is 6.07 Å². The third-order valence-corrected chi connectivity index (χ3v) is 5.66. The molecule has 0 unspecified atom stereocenters. The van der Waals surface area contributed by atoms with Gasteiger partial charge in [0.05, 0.1) is 16.2 Å². The minimum Gasteiger partial charge on any atom is -0.389 e. The summed E-state index contributed by atoms with van der Waals surface area (Å²) in [5.41, 5.74) is 0.552. The van der Waals surface area contributed by atoms with Crippen LogP contribution in [0.25, 0.3) is 0 Å². The van der Waals surface area contributed by atoms with E-state index in [1.54, 1.807) is 12.1 Å². The summed E-state index contributed by atoms with van der Waals surface area (Å²) < 4.78 is -0.280. The fourth-order valence-electron chi connectivity index (χ4n) is 1.67. The lowest BCUT2D eigenvalue weighted by atomic mass is 10.1. The minimum atomic E-state index is -1.13. The van der Waals surface area contributed by atoms with E-state index in [1.165, 1.54) is 23.5 Å². The molecule has 96 valence electrons. The standard InChI is InChI=1S/C12H13NO3S2/c13-5-7-3-1-2-4-9(7)18-12-11(16)10(15)8(14)6-17-12/h1-4,8,10-12,14-16H,6H2/t8-,10+,11-,12+/m1/s1. The predicted molar refractivity (Wildman–Crippen MR) is 71.3 cm³/mol. The first kappa shape index (κ1) is 13.7. The molecule has 1 heterocycles. The fourth-order valence-corrected chi connectivity index (χ4v) is 4.38. The maximum absolute atomic E-state index is 9.90. The van der Waals surface area contributed by atoms with E-state index in [0.29, 0.717) is 11.3 Å². The lowest BCUT2D eigenvalue weighted by molar-refractivity contribution is -0.0474. The maximum atomic E-state index is 9.90. The molecule has 1 aliphatic heterocycles. The normalized spacial score (nSPS) is 31.9. The second-order valence-corrected chi connectivity index (χ2v) is 6.63. The molecular weight excluding hydrogens is 270 g/mol. The highest BCUT2D eigenvalue weighted by molar-refractivity contribution is 8.17. The van der Waals surface area contributed by atoms with E-state index in [0.717, 1.165) is 4.90 Å². The van der Waals surface area contributed by atoms with E-state index < -0.39 is 18.3 Å². The molecule has 6 heteroatoms. The smallest absolute Gasteiger partial charge is 0.108 e. The molecule has 4 atom stereocenters. The van der Waals surface area contributed by atoms with Crippen LogP contribution in [0.4, 0.5) is 0 Å². The lowest BCUT2D eigenvalue weighted by Gasteiger charge is -2.34. The minimum absolute atomic E-state index is 0.280. The van der Waals surface area contributed by atoms with Crippen LogP contribution in [0, 0.1) is 11.3 Å². The lowest BCUT2D eigenvalue weighted by Crippen LogP contribution is -2.47. The molecule has 1 saturated heterocycles. The van der Waals surface area contributed by atoms with Crippen LogP contribution in [0.1, 0.15) is 5.56 Å². The Balaban J connectivity index is 2.12. The predicted octanol–water partition coefficient (Wildman–Crippen LogP) is 0.806. The summed E-state index contributed by atoms with van der Waals surface area (Å²) in [4.78, 5) is 0.778. The van der Waals surface area contributed by atoms with Crippen LogP contribution in [-0.4, -0.2) is 44.0 Å². The van der Waals surface area contributed by atoms with E-state index in [1.807, 2.05) is 12.1 Å². The summed E-state index contributed by atoms with van der Waals surface area (Å²) in [5, 5.41) is 38.0. The van der Waals surface area contributed by atoms with E-state index >= 15 is 0 Å². The summed E-state index contributed by atoms with van der Waals surface area (Å²) in [7, 11) is 0. The summed E-state index contributed by atoms with van der Waals surface area (Å²) in [6.07, 6.45) is -3.03. The molecule has 0 radical (unpaired) electrons. The Morgan fingerprint density at radius 1 is 1.22 bits per heavy atom. The Labute approximate surface area is 114 Å². The van der Waals surface area contributed by atoms with Gasteiger partial charge in [0, 0.05) is 10.6 Å². The molecule has 1 fully saturated rings. The topological polar surface area (TPSA) is 84.5 Å². The van der Waals surface area contributed by atoms with Crippen LogP contribution < -0.4 is 0 Å². The van der Waals surface area contributed by atoms with Gasteiger partial charge in [-0.3, -0.25) is 0 Å². The summed E-state index contributed by atoms with van der Waals surface area (Å²) in [5.74, 6) is 0.380. The second-order valence-electron chi connectivity index (χ2n) is 3.98. The van der Waals surface area contributed by atoms with Crippen molar-refractivity contribution in [2.75, 3.05) is 5.75 Å². The third-order valence-electron chi connectivity index (χ3n) is 2.70. The molecule has 1 aliphatic rings. The summed E-state index contributed by atoms with van der Waals surface area (Å²) >= 11 is 2.74. The van der Waals surface area contributed by atoms with Crippen molar-refractivity contribution >= 4 is 23.5 Å². The molecule has 0 aliphatic carbocycles. The van der Waals surface area contributed by atoms with Crippen LogP contribution in [0.15, 0.2) is 29.2 Å². The maximum Gasteiger partial charge on any atom is 0.108 e. The molecule has 0 aromatic heterocycles. The average molecular weight is 283 g/mol. The van der Waals surface area contributed by atoms with Gasteiger partial charge in [-0.1, -0.05) is 12.1 Å². The Morgan fingerprint density at radius 3 is 2.67 bits per heavy atom. The highest BCUT2D eigenvalue weighted by atomic mass is 32.2. The van der Waals surface area contributed by atoms with Crippen LogP contribution in [0.5, 0.6) is 0 Å². The van der Waals surface area contributed by atoms with Crippen molar-refractivity contribution in [1.82, 2.24) is 0 Å². The van der Waals surface area contributed by atoms with Gasteiger partial charge in [-0.15, -0.1) is 23.5 Å². The van der Waals surface area contributed by atoms with Crippen LogP contribution in [-0.2, 0) is 0 Å². The fraction of sp³-hybridized carbons (Fsp3) is 0.417. The van der Waals surface area contributed by atoms with Gasteiger partial charge in [0.2, 0.25) is 0 Å². The molecular formula is C12H13NO3S2. The van der Waals surface area contributed by atoms with E-state index in [4.69, 9.17) is 5.26 Å². The molecule has 1 aromatic carbocycles. The van der Waals surface area contributed by atoms with Gasteiger partial charge in [-0.25, -0.2) is 0 Å². The zero-order valence-electron chi connectivity index (χ0n) is 9.43. The first-order valence-electron chi connectivity index (χ1n) is 5.45. The number of rotatable bonds is 2. The number of aliphatic hydroxyl groups is 3. The number of aliphatic hydroxyl groups excluding tert-OH is 3. The molecule has 4 nitrogen and oxygen atoms in total. The van der Waals surface area contributed by atoms with Crippen LogP contribution >= 0.6 is 23.5 Å². The Hall–Kier alpha value is -0.710. The zero-order valence-corrected chi connectivity index (χ0v) is 11.1. The van der Waals surface area contributed by atoms with Crippen molar-refractivity contribution in [3.63, 3.8) is 0 Å². The zero-order chi connectivity index (χ0) is 13.1. The van der Waals surface area contributed by atoms with Crippen molar-refractivity contribution < 1.29 is 15.3 Å². The monoisotopic (exact) mass is 283 g/mol. The van der Waals surface area contributed by atoms with Gasteiger partial charge < -0.3 is 15.3 Å². The van der Waals surface area contributed by atoms with Crippen molar-refractivity contribution in [3.05, 3.63) is 29.8 Å². The highest BCUT2D eigenvalue weighted by Gasteiger charge is 2.37. The average Bonchev–Trinajstić information content (AvgIpc) is 2.40. The van der Waals surface area contributed by atoms with Gasteiger partial charge in [0.15, 0.2) is 0 Å². The number of hydrogen-bond acceptors (Lipinski definition) is 6. The molecule has 0 saturated carbocycles. The van der Waals surface area contributed by atoms with Crippen molar-refractivity contribution in [2.45, 2.75) is 27.8 Å². The molecule has 0 bridgehead atoms. The third kappa shape index (κ3) is 2.82. The summed E-state index contributed by atoms with van der Waals surface area (Å²) in [6.45, 7) is 0. The number of thioether (sulfide) groups is 2. The van der Waals surface area contributed by atoms with Gasteiger partial charge in [0.25, 0.3) is 0 Å². The highest BCUT2D eigenvalue weighted by Crippen LogP contribution is 2.39. The molecule has 18 heavy (non-hydrogen) atoms. The molecule has 0 amide bonds. The molecule has 1 aromatic rings. The van der Waals surface area contributed by atoms with Crippen molar-refractivity contribution in [2.24, 2.45) is 0 Å². The van der Waals surface area contributed by atoms with Gasteiger partial charge in [-0.05, 0) is 12.1 Å². The second kappa shape index (κ2) is 5.95. The largest absolute Gasteiger partial charge is 0.389 e. The Morgan fingerprint density at radius 2 is 1.94 bits per heavy atom. The van der Waals surface area contributed by atoms with Crippen LogP contribution in [0.3, 0.4) is 0 Å². The Kier molecular flexibility index (Phi) is 4.54. The quantitative estimate of drug-likeness (QED) is 0.745. The van der Waals surface area contributed by atoms with Gasteiger partial charge in [0.1, 0.15) is 18.3 Å². The molecule has 3 N–H and O–H groups in total. The van der Waals surface area contributed by atoms with Crippen molar-refractivity contribution in [3.8, 4) is 6.07 Å². The van der Waals surface area contributed by atoms with Crippen LogP contribution in [0.2, 0.25) is 0 Å². The number of hydrogen-bond donors (Lipinski definition) is 3. The first-order chi connectivity index (χ1) is 8.63. The SMILES string of the molecule is N#Cc1ccccc1S[C@@H]1SC[C@@H](O)[C@H](O)[C@H]1O. The number of benzene rings is 1. The van der Waals surface area contributed by atoms with Gasteiger partial charge in [-0.2, -0.15) is 5.26 Å². The summed E-state index contributed by atoms with van der Waals surface area (Å²) in [6, 6.07) is 9.24. The van der Waals surface area contributed by atoms with Gasteiger partial charge >= 0.3 is 0 Å². The Bertz CT molecular complexity index is 463. The van der Waals surface area contributed by atoms with Crippen molar-refractivity contribution in [1.29, 1.82) is 5.26 Å².